The number of thiazole rings is 1. The van der Waals surface area contributed by atoms with E-state index >= 15 is 0 Å². The summed E-state index contributed by atoms with van der Waals surface area (Å²) in [6, 6.07) is 13.7. The molecule has 0 saturated heterocycles. The molecule has 0 radical (unpaired) electrons. The molecular formula is C21H18F3N3O3S. The molecule has 0 saturated carbocycles. The number of methoxy groups -OCH3 is 2. The van der Waals surface area contributed by atoms with Crippen molar-refractivity contribution in [3.63, 3.8) is 0 Å². The Morgan fingerprint density at radius 2 is 1.84 bits per heavy atom. The number of anilines is 1. The van der Waals surface area contributed by atoms with Gasteiger partial charge >= 0.3 is 6.18 Å². The predicted molar refractivity (Wildman–Crippen MR) is 112 cm³/mol. The highest BCUT2D eigenvalue weighted by atomic mass is 32.1. The molecule has 0 aliphatic carbocycles. The zero-order valence-electron chi connectivity index (χ0n) is 16.6. The minimum atomic E-state index is -4.98. The van der Waals surface area contributed by atoms with Gasteiger partial charge < -0.3 is 14.6 Å². The lowest BCUT2D eigenvalue weighted by molar-refractivity contribution is -0.254. The molecule has 2 aromatic carbocycles. The number of ether oxygens (including phenoxy) is 2. The quantitative estimate of drug-likeness (QED) is 0.612. The summed E-state index contributed by atoms with van der Waals surface area (Å²) >= 11 is 0.970. The SMILES string of the molecule is COc1ccc(C2=NN(c3nc(-c4ccccc4)cs3)[C@@](O)(C(F)(F)F)C2)c(OC)c1. The third-order valence-electron chi connectivity index (χ3n) is 4.90. The topological polar surface area (TPSA) is 67.2 Å². The molecule has 0 bridgehead atoms. The van der Waals surface area contributed by atoms with Crippen molar-refractivity contribution in [2.45, 2.75) is 18.3 Å². The Morgan fingerprint density at radius 3 is 2.48 bits per heavy atom. The maximum atomic E-state index is 14.0. The van der Waals surface area contributed by atoms with Crippen molar-refractivity contribution in [3.05, 3.63) is 59.5 Å². The van der Waals surface area contributed by atoms with Gasteiger partial charge in [0.1, 0.15) is 11.5 Å². The highest BCUT2D eigenvalue weighted by molar-refractivity contribution is 7.14. The van der Waals surface area contributed by atoms with E-state index in [1.807, 2.05) is 18.2 Å². The lowest BCUT2D eigenvalue weighted by Gasteiger charge is -2.32. The van der Waals surface area contributed by atoms with Gasteiger partial charge in [-0.05, 0) is 12.1 Å². The molecular weight excluding hydrogens is 431 g/mol. The van der Waals surface area contributed by atoms with Crippen molar-refractivity contribution in [1.29, 1.82) is 0 Å². The first-order valence-electron chi connectivity index (χ1n) is 9.17. The Kier molecular flexibility index (Phi) is 5.36. The number of hydrogen-bond acceptors (Lipinski definition) is 7. The summed E-state index contributed by atoms with van der Waals surface area (Å²) in [6.45, 7) is 0. The summed E-state index contributed by atoms with van der Waals surface area (Å²) < 4.78 is 52.3. The number of aliphatic hydroxyl groups is 1. The summed E-state index contributed by atoms with van der Waals surface area (Å²) in [4.78, 5) is 4.30. The second-order valence-corrected chi connectivity index (χ2v) is 7.63. The van der Waals surface area contributed by atoms with Crippen molar-refractivity contribution in [2.24, 2.45) is 5.10 Å². The second-order valence-electron chi connectivity index (χ2n) is 6.80. The molecule has 1 aliphatic rings. The molecule has 3 aromatic rings. The van der Waals surface area contributed by atoms with Gasteiger partial charge in [-0.25, -0.2) is 4.98 Å². The van der Waals surface area contributed by atoms with E-state index in [4.69, 9.17) is 9.47 Å². The van der Waals surface area contributed by atoms with Crippen molar-refractivity contribution < 1.29 is 27.8 Å². The molecule has 0 fully saturated rings. The fourth-order valence-corrected chi connectivity index (χ4v) is 4.11. The maximum absolute atomic E-state index is 14.0. The molecule has 0 amide bonds. The van der Waals surface area contributed by atoms with Gasteiger partial charge in [0.2, 0.25) is 5.13 Å². The summed E-state index contributed by atoms with van der Waals surface area (Å²) in [7, 11) is 2.87. The van der Waals surface area contributed by atoms with Crippen LogP contribution >= 0.6 is 11.3 Å². The molecule has 31 heavy (non-hydrogen) atoms. The average molecular weight is 449 g/mol. The second kappa shape index (κ2) is 7.86. The highest BCUT2D eigenvalue weighted by Crippen LogP contribution is 2.46. The Bertz CT molecular complexity index is 1120. The Balaban J connectivity index is 1.78. The number of halogens is 3. The number of rotatable bonds is 5. The average Bonchev–Trinajstić information content (AvgIpc) is 3.39. The van der Waals surface area contributed by atoms with E-state index in [0.717, 1.165) is 16.9 Å². The van der Waals surface area contributed by atoms with Crippen molar-refractivity contribution in [1.82, 2.24) is 4.98 Å². The van der Waals surface area contributed by atoms with Gasteiger partial charge in [0, 0.05) is 22.6 Å². The van der Waals surface area contributed by atoms with E-state index in [-0.39, 0.29) is 16.6 Å². The van der Waals surface area contributed by atoms with Crippen LogP contribution in [0.3, 0.4) is 0 Å². The van der Waals surface area contributed by atoms with E-state index in [1.165, 1.54) is 14.2 Å². The van der Waals surface area contributed by atoms with E-state index in [9.17, 15) is 18.3 Å². The van der Waals surface area contributed by atoms with Gasteiger partial charge in [-0.1, -0.05) is 30.3 Å². The number of benzene rings is 2. The number of nitrogens with zero attached hydrogens (tertiary/aromatic N) is 3. The fourth-order valence-electron chi connectivity index (χ4n) is 3.26. The summed E-state index contributed by atoms with van der Waals surface area (Å²) in [5.41, 5.74) is -1.64. The van der Waals surface area contributed by atoms with E-state index in [0.29, 0.717) is 22.0 Å². The van der Waals surface area contributed by atoms with E-state index in [1.54, 1.807) is 35.7 Å². The zero-order chi connectivity index (χ0) is 22.2. The molecule has 1 aliphatic heterocycles. The Labute approximate surface area is 180 Å². The first-order valence-corrected chi connectivity index (χ1v) is 10.0. The summed E-state index contributed by atoms with van der Waals surface area (Å²) in [6.07, 6.45) is -5.75. The van der Waals surface area contributed by atoms with Crippen LogP contribution in [0, 0.1) is 0 Å². The fraction of sp³-hybridized carbons (Fsp3) is 0.238. The van der Waals surface area contributed by atoms with Gasteiger partial charge in [-0.3, -0.25) is 0 Å². The van der Waals surface area contributed by atoms with Crippen molar-refractivity contribution >= 4 is 22.2 Å². The van der Waals surface area contributed by atoms with Crippen LogP contribution in [0.1, 0.15) is 12.0 Å². The van der Waals surface area contributed by atoms with Crippen LogP contribution < -0.4 is 14.5 Å². The van der Waals surface area contributed by atoms with E-state index < -0.39 is 18.3 Å². The number of alkyl halides is 3. The predicted octanol–water partition coefficient (Wildman–Crippen LogP) is 4.69. The molecule has 0 spiro atoms. The van der Waals surface area contributed by atoms with Crippen molar-refractivity contribution in [3.8, 4) is 22.8 Å². The minimum Gasteiger partial charge on any atom is -0.497 e. The molecule has 1 aromatic heterocycles. The van der Waals surface area contributed by atoms with Crippen LogP contribution in [-0.4, -0.2) is 41.9 Å². The molecule has 162 valence electrons. The molecule has 1 atom stereocenters. The normalized spacial score (nSPS) is 18.8. The molecule has 4 rings (SSSR count). The van der Waals surface area contributed by atoms with Crippen LogP contribution in [0.2, 0.25) is 0 Å². The number of aromatic nitrogens is 1. The first-order chi connectivity index (χ1) is 14.8. The van der Waals surface area contributed by atoms with Crippen LogP contribution in [0.15, 0.2) is 59.0 Å². The molecule has 6 nitrogen and oxygen atoms in total. The Morgan fingerprint density at radius 1 is 1.10 bits per heavy atom. The van der Waals surface area contributed by atoms with Gasteiger partial charge in [-0.2, -0.15) is 23.3 Å². The number of hydrazone groups is 1. The first kappa shape index (κ1) is 21.1. The number of hydrogen-bond donors (Lipinski definition) is 1. The minimum absolute atomic E-state index is 0.0239. The monoisotopic (exact) mass is 449 g/mol. The smallest absolute Gasteiger partial charge is 0.438 e. The third kappa shape index (κ3) is 3.72. The molecule has 10 heteroatoms. The van der Waals surface area contributed by atoms with Gasteiger partial charge in [-0.15, -0.1) is 11.3 Å². The lowest BCUT2D eigenvalue weighted by Crippen LogP contribution is -2.55. The van der Waals surface area contributed by atoms with Crippen molar-refractivity contribution in [2.75, 3.05) is 19.2 Å². The molecule has 2 heterocycles. The van der Waals surface area contributed by atoms with Gasteiger partial charge in [0.05, 0.1) is 32.0 Å². The maximum Gasteiger partial charge on any atom is 0.438 e. The third-order valence-corrected chi connectivity index (χ3v) is 5.72. The van der Waals surface area contributed by atoms with Crippen LogP contribution in [0.4, 0.5) is 18.3 Å². The highest BCUT2D eigenvalue weighted by Gasteiger charge is 2.62. The Hall–Kier alpha value is -3.11. The molecule has 0 unspecified atom stereocenters. The van der Waals surface area contributed by atoms with Gasteiger partial charge in [0.15, 0.2) is 0 Å². The van der Waals surface area contributed by atoms with Crippen LogP contribution in [0.25, 0.3) is 11.3 Å². The van der Waals surface area contributed by atoms with Crippen LogP contribution in [0.5, 0.6) is 11.5 Å². The summed E-state index contributed by atoms with van der Waals surface area (Å²) in [5.74, 6) is 0.767. The lowest BCUT2D eigenvalue weighted by atomic mass is 10.00. The standard InChI is InChI=1S/C21H18F3N3O3S/c1-29-14-8-9-15(18(10-14)30-2)16-11-20(28,21(22,23)24)27(26-16)19-25-17(12-31-19)13-6-4-3-5-7-13/h3-10,12,28H,11H2,1-2H3/t20-/m0/s1. The van der Waals surface area contributed by atoms with Gasteiger partial charge in [0.25, 0.3) is 5.72 Å². The summed E-state index contributed by atoms with van der Waals surface area (Å²) in [5, 5.41) is 16.9. The van der Waals surface area contributed by atoms with E-state index in [2.05, 4.69) is 10.1 Å². The van der Waals surface area contributed by atoms with Crippen LogP contribution in [-0.2, 0) is 0 Å². The zero-order valence-corrected chi connectivity index (χ0v) is 17.4. The molecule has 1 N–H and O–H groups in total. The largest absolute Gasteiger partial charge is 0.497 e.